The molecule has 0 saturated carbocycles. The number of benzene rings is 1. The molecule has 3 rings (SSSR count). The van der Waals surface area contributed by atoms with Crippen LogP contribution in [0.3, 0.4) is 0 Å². The minimum Gasteiger partial charge on any atom is -0.468 e. The molecule has 6 nitrogen and oxygen atoms in total. The van der Waals surface area contributed by atoms with Gasteiger partial charge in [-0.2, -0.15) is 13.2 Å². The molecule has 1 aliphatic heterocycles. The number of furan rings is 1. The quantitative estimate of drug-likeness (QED) is 0.694. The number of hydrogen-bond acceptors (Lipinski definition) is 5. The number of sulfonamides is 1. The van der Waals surface area contributed by atoms with E-state index in [0.29, 0.717) is 0 Å². The molecule has 0 unspecified atom stereocenters. The van der Waals surface area contributed by atoms with Gasteiger partial charge in [-0.1, -0.05) is 18.2 Å². The first-order chi connectivity index (χ1) is 13.0. The van der Waals surface area contributed by atoms with Crippen LogP contribution in [0.5, 0.6) is 0 Å². The molecule has 0 N–H and O–H groups in total. The predicted octanol–water partition coefficient (Wildman–Crippen LogP) is 2.82. The lowest BCUT2D eigenvalue weighted by Crippen LogP contribution is -2.33. The molecule has 1 aromatic heterocycles. The van der Waals surface area contributed by atoms with E-state index < -0.39 is 42.6 Å². The second kappa shape index (κ2) is 7.53. The number of sulfone groups is 1. The Hall–Kier alpha value is -1.85. The lowest BCUT2D eigenvalue weighted by Gasteiger charge is -2.17. The van der Waals surface area contributed by atoms with Crippen LogP contribution < -0.4 is 0 Å². The summed E-state index contributed by atoms with van der Waals surface area (Å²) in [5.74, 6) is -0.682. The highest BCUT2D eigenvalue weighted by Gasteiger charge is 2.39. The van der Waals surface area contributed by atoms with Crippen molar-refractivity contribution in [2.45, 2.75) is 29.4 Å². The van der Waals surface area contributed by atoms with Gasteiger partial charge in [0, 0.05) is 13.1 Å². The lowest BCUT2D eigenvalue weighted by atomic mass is 10.1. The highest BCUT2D eigenvalue weighted by atomic mass is 32.2. The first-order valence-corrected chi connectivity index (χ1v) is 11.7. The summed E-state index contributed by atoms with van der Waals surface area (Å²) in [5, 5.41) is -0.881. The van der Waals surface area contributed by atoms with Crippen molar-refractivity contribution in [2.24, 2.45) is 0 Å². The average Bonchev–Trinajstić information content (AvgIpc) is 3.25. The van der Waals surface area contributed by atoms with Crippen molar-refractivity contribution in [1.29, 1.82) is 0 Å². The summed E-state index contributed by atoms with van der Waals surface area (Å²) < 4.78 is 94.6. The maximum Gasteiger partial charge on any atom is 0.416 e. The fourth-order valence-corrected chi connectivity index (χ4v) is 6.43. The third kappa shape index (κ3) is 4.76. The predicted molar refractivity (Wildman–Crippen MR) is 95.4 cm³/mol. The second-order valence-corrected chi connectivity index (χ2v) is 10.9. The molecule has 0 amide bonds. The number of alkyl halides is 3. The van der Waals surface area contributed by atoms with Crippen molar-refractivity contribution in [2.75, 3.05) is 13.1 Å². The number of rotatable bonds is 6. The highest BCUT2D eigenvalue weighted by molar-refractivity contribution is 7.91. The minimum absolute atomic E-state index is 0.00304. The molecule has 2 aromatic rings. The fraction of sp³-hybridized carbons (Fsp3) is 0.412. The van der Waals surface area contributed by atoms with E-state index in [1.807, 2.05) is 0 Å². The van der Waals surface area contributed by atoms with Crippen molar-refractivity contribution >= 4 is 19.9 Å². The minimum atomic E-state index is -4.57. The van der Waals surface area contributed by atoms with Gasteiger partial charge in [-0.05, 0) is 30.2 Å². The van der Waals surface area contributed by atoms with Crippen LogP contribution in [0.4, 0.5) is 13.2 Å². The standard InChI is InChI=1S/C17H18F3NO5S2/c18-17(19,20)14-4-1-3-13(9-14)11-28(24,25)21-7-6-16(10-21)27(22,23)12-15-5-2-8-26-15/h1-5,8-9,16H,6-7,10-12H2/t16-/m0/s1. The molecular formula is C17H18F3NO5S2. The van der Waals surface area contributed by atoms with E-state index in [0.717, 1.165) is 22.5 Å². The normalized spacial score (nSPS) is 19.2. The maximum absolute atomic E-state index is 12.8. The van der Waals surface area contributed by atoms with Crippen molar-refractivity contribution in [1.82, 2.24) is 4.31 Å². The molecule has 1 fully saturated rings. The van der Waals surface area contributed by atoms with Crippen LogP contribution in [0.15, 0.2) is 47.1 Å². The molecule has 1 aromatic carbocycles. The van der Waals surface area contributed by atoms with Gasteiger partial charge in [0.25, 0.3) is 0 Å². The van der Waals surface area contributed by atoms with Crippen molar-refractivity contribution in [3.05, 3.63) is 59.5 Å². The summed E-state index contributed by atoms with van der Waals surface area (Å²) in [6, 6.07) is 7.18. The van der Waals surface area contributed by atoms with Gasteiger partial charge in [-0.3, -0.25) is 0 Å². The van der Waals surface area contributed by atoms with Gasteiger partial charge < -0.3 is 4.42 Å². The molecule has 1 saturated heterocycles. The van der Waals surface area contributed by atoms with E-state index in [9.17, 15) is 30.0 Å². The number of halogens is 3. The Morgan fingerprint density at radius 3 is 2.46 bits per heavy atom. The van der Waals surface area contributed by atoms with E-state index >= 15 is 0 Å². The largest absolute Gasteiger partial charge is 0.468 e. The zero-order valence-electron chi connectivity index (χ0n) is 14.6. The zero-order chi connectivity index (χ0) is 20.6. The molecule has 1 aliphatic rings. The molecule has 11 heteroatoms. The van der Waals surface area contributed by atoms with Gasteiger partial charge in [-0.15, -0.1) is 0 Å². The summed E-state index contributed by atoms with van der Waals surface area (Å²) in [6.07, 6.45) is -3.09. The summed E-state index contributed by atoms with van der Waals surface area (Å²) in [6.45, 7) is -0.215. The van der Waals surface area contributed by atoms with E-state index in [4.69, 9.17) is 4.42 Å². The Morgan fingerprint density at radius 2 is 1.82 bits per heavy atom. The van der Waals surface area contributed by atoms with Crippen LogP contribution in [0.1, 0.15) is 23.3 Å². The molecule has 2 heterocycles. The Balaban J connectivity index is 1.70. The Labute approximate surface area is 160 Å². The maximum atomic E-state index is 12.8. The van der Waals surface area contributed by atoms with E-state index in [-0.39, 0.29) is 36.6 Å². The summed E-state index contributed by atoms with van der Waals surface area (Å²) in [5.41, 5.74) is -0.933. The molecule has 0 aliphatic carbocycles. The zero-order valence-corrected chi connectivity index (χ0v) is 16.2. The molecule has 28 heavy (non-hydrogen) atoms. The van der Waals surface area contributed by atoms with Gasteiger partial charge >= 0.3 is 6.18 Å². The van der Waals surface area contributed by atoms with E-state index in [1.165, 1.54) is 18.4 Å². The van der Waals surface area contributed by atoms with Gasteiger partial charge in [0.05, 0.1) is 22.8 Å². The van der Waals surface area contributed by atoms with Crippen molar-refractivity contribution in [3.63, 3.8) is 0 Å². The third-order valence-corrected chi connectivity index (χ3v) is 8.44. The summed E-state index contributed by atoms with van der Waals surface area (Å²) in [7, 11) is -7.58. The Kier molecular flexibility index (Phi) is 5.61. The van der Waals surface area contributed by atoms with Crippen LogP contribution in [0.25, 0.3) is 0 Å². The fourth-order valence-electron chi connectivity index (χ4n) is 3.09. The second-order valence-electron chi connectivity index (χ2n) is 6.61. The average molecular weight is 437 g/mol. The molecule has 0 spiro atoms. The van der Waals surface area contributed by atoms with E-state index in [1.54, 1.807) is 6.07 Å². The SMILES string of the molecule is O=S(=O)(Cc1ccco1)[C@H]1CCN(S(=O)(=O)Cc2cccc(C(F)(F)F)c2)C1. The van der Waals surface area contributed by atoms with Crippen LogP contribution in [-0.2, 0) is 37.5 Å². The molecule has 0 radical (unpaired) electrons. The molecule has 154 valence electrons. The van der Waals surface area contributed by atoms with Crippen LogP contribution in [0, 0.1) is 0 Å². The van der Waals surface area contributed by atoms with Gasteiger partial charge in [0.2, 0.25) is 10.0 Å². The molecular weight excluding hydrogens is 419 g/mol. The highest BCUT2D eigenvalue weighted by Crippen LogP contribution is 2.30. The smallest absolute Gasteiger partial charge is 0.416 e. The van der Waals surface area contributed by atoms with Gasteiger partial charge in [-0.25, -0.2) is 21.1 Å². The summed E-state index contributed by atoms with van der Waals surface area (Å²) >= 11 is 0. The molecule has 0 bridgehead atoms. The van der Waals surface area contributed by atoms with Crippen LogP contribution >= 0.6 is 0 Å². The first kappa shape index (κ1) is 20.9. The Bertz CT molecular complexity index is 1030. The lowest BCUT2D eigenvalue weighted by molar-refractivity contribution is -0.137. The summed E-state index contributed by atoms with van der Waals surface area (Å²) in [4.78, 5) is 0. The molecule has 1 atom stereocenters. The van der Waals surface area contributed by atoms with E-state index in [2.05, 4.69) is 0 Å². The van der Waals surface area contributed by atoms with Gasteiger partial charge in [0.1, 0.15) is 11.5 Å². The topological polar surface area (TPSA) is 84.7 Å². The Morgan fingerprint density at radius 1 is 1.07 bits per heavy atom. The number of hydrogen-bond donors (Lipinski definition) is 0. The number of nitrogens with zero attached hydrogens (tertiary/aromatic N) is 1. The third-order valence-electron chi connectivity index (χ3n) is 4.54. The van der Waals surface area contributed by atoms with Crippen LogP contribution in [0.2, 0.25) is 0 Å². The first-order valence-electron chi connectivity index (χ1n) is 8.35. The van der Waals surface area contributed by atoms with Crippen LogP contribution in [-0.4, -0.2) is 39.5 Å². The monoisotopic (exact) mass is 437 g/mol. The van der Waals surface area contributed by atoms with Crippen molar-refractivity contribution in [3.8, 4) is 0 Å². The van der Waals surface area contributed by atoms with Crippen molar-refractivity contribution < 1.29 is 34.4 Å². The van der Waals surface area contributed by atoms with Gasteiger partial charge in [0.15, 0.2) is 9.84 Å².